The van der Waals surface area contributed by atoms with Gasteiger partial charge in [0.15, 0.2) is 0 Å². The fourth-order valence-electron chi connectivity index (χ4n) is 2.53. The van der Waals surface area contributed by atoms with E-state index >= 15 is 0 Å². The molecule has 3 aromatic heterocycles. The first-order chi connectivity index (χ1) is 10.4. The van der Waals surface area contributed by atoms with Crippen LogP contribution in [0.4, 0.5) is 0 Å². The molecule has 0 amide bonds. The molecule has 0 saturated heterocycles. The second-order valence-electron chi connectivity index (χ2n) is 4.73. The largest absolute Gasteiger partial charge is 0.308 e. The van der Waals surface area contributed by atoms with Gasteiger partial charge in [-0.2, -0.15) is 0 Å². The van der Waals surface area contributed by atoms with Crippen LogP contribution in [0.5, 0.6) is 0 Å². The Balaban J connectivity index is 1.98. The number of para-hydroxylation sites is 1. The lowest BCUT2D eigenvalue weighted by Gasteiger charge is -2.12. The van der Waals surface area contributed by atoms with Crippen LogP contribution in [0.25, 0.3) is 26.8 Å². The Kier molecular flexibility index (Phi) is 3.22. The molecule has 0 radical (unpaired) electrons. The van der Waals surface area contributed by atoms with Gasteiger partial charge in [-0.15, -0.1) is 22.7 Å². The van der Waals surface area contributed by atoms with Crippen molar-refractivity contribution in [1.82, 2.24) is 4.57 Å². The molecule has 1 aromatic carbocycles. The van der Waals surface area contributed by atoms with Crippen LogP contribution in [0.1, 0.15) is 0 Å². The van der Waals surface area contributed by atoms with Crippen LogP contribution in [0, 0.1) is 0 Å². The zero-order chi connectivity index (χ0) is 14.1. The Morgan fingerprint density at radius 1 is 0.571 bits per heavy atom. The molecule has 1 nitrogen and oxygen atoms in total. The lowest BCUT2D eigenvalue weighted by Crippen LogP contribution is -1.97. The lowest BCUT2D eigenvalue weighted by atomic mass is 10.2. The molecular weight excluding hydrogens is 294 g/mol. The van der Waals surface area contributed by atoms with Crippen molar-refractivity contribution in [2.75, 3.05) is 0 Å². The zero-order valence-electron chi connectivity index (χ0n) is 11.3. The van der Waals surface area contributed by atoms with Gasteiger partial charge < -0.3 is 4.57 Å². The molecule has 0 atom stereocenters. The van der Waals surface area contributed by atoms with Crippen LogP contribution in [-0.4, -0.2) is 4.57 Å². The van der Waals surface area contributed by atoms with Gasteiger partial charge in [-0.1, -0.05) is 30.3 Å². The van der Waals surface area contributed by atoms with Crippen LogP contribution >= 0.6 is 22.7 Å². The van der Waals surface area contributed by atoms with E-state index in [9.17, 15) is 0 Å². The second-order valence-corrected chi connectivity index (χ2v) is 6.62. The van der Waals surface area contributed by atoms with Crippen LogP contribution < -0.4 is 0 Å². The Bertz CT molecular complexity index is 773. The molecule has 0 bridgehead atoms. The van der Waals surface area contributed by atoms with Crippen molar-refractivity contribution in [3.05, 3.63) is 77.5 Å². The number of benzene rings is 1. The number of thiophene rings is 2. The summed E-state index contributed by atoms with van der Waals surface area (Å²) in [6, 6.07) is 23.6. The molecule has 3 heterocycles. The highest BCUT2D eigenvalue weighted by Crippen LogP contribution is 2.35. The van der Waals surface area contributed by atoms with Gasteiger partial charge in [-0.25, -0.2) is 0 Å². The van der Waals surface area contributed by atoms with Gasteiger partial charge in [0, 0.05) is 5.69 Å². The molecule has 0 saturated carbocycles. The number of hydrogen-bond donors (Lipinski definition) is 0. The standard InChI is InChI=1S/C18H13NS2/c1-2-6-14(7-3-1)19-15(17-8-4-12-20-17)10-11-16(19)18-9-5-13-21-18/h1-13H. The van der Waals surface area contributed by atoms with E-state index in [1.807, 2.05) is 0 Å². The molecule has 0 N–H and O–H groups in total. The van der Waals surface area contributed by atoms with Gasteiger partial charge in [-0.3, -0.25) is 0 Å². The van der Waals surface area contributed by atoms with Gasteiger partial charge in [0.05, 0.1) is 21.1 Å². The Labute approximate surface area is 131 Å². The van der Waals surface area contributed by atoms with E-state index in [0.717, 1.165) is 0 Å². The lowest BCUT2D eigenvalue weighted by molar-refractivity contribution is 1.10. The van der Waals surface area contributed by atoms with Crippen LogP contribution in [0.2, 0.25) is 0 Å². The third-order valence-electron chi connectivity index (χ3n) is 3.44. The SMILES string of the molecule is c1ccc(-n2c(-c3cccs3)ccc2-c2cccs2)cc1. The molecule has 21 heavy (non-hydrogen) atoms. The van der Waals surface area contributed by atoms with E-state index < -0.39 is 0 Å². The van der Waals surface area contributed by atoms with E-state index in [2.05, 4.69) is 82.1 Å². The first-order valence-corrected chi connectivity index (χ1v) is 8.54. The molecule has 3 heteroatoms. The summed E-state index contributed by atoms with van der Waals surface area (Å²) in [5, 5.41) is 4.25. The zero-order valence-corrected chi connectivity index (χ0v) is 12.9. The average Bonchev–Trinajstić information content (AvgIpc) is 3.27. The van der Waals surface area contributed by atoms with Crippen molar-refractivity contribution in [2.45, 2.75) is 0 Å². The molecule has 0 fully saturated rings. The maximum Gasteiger partial charge on any atom is 0.0635 e. The van der Waals surface area contributed by atoms with Crippen molar-refractivity contribution in [1.29, 1.82) is 0 Å². The van der Waals surface area contributed by atoms with Gasteiger partial charge in [-0.05, 0) is 47.2 Å². The second kappa shape index (κ2) is 5.35. The Hall–Kier alpha value is -2.10. The highest BCUT2D eigenvalue weighted by atomic mass is 32.1. The van der Waals surface area contributed by atoms with Gasteiger partial charge in [0.2, 0.25) is 0 Å². The molecule has 0 aliphatic rings. The first-order valence-electron chi connectivity index (χ1n) is 6.78. The summed E-state index contributed by atoms with van der Waals surface area (Å²) in [6.45, 7) is 0. The topological polar surface area (TPSA) is 4.93 Å². The van der Waals surface area contributed by atoms with E-state index in [-0.39, 0.29) is 0 Å². The van der Waals surface area contributed by atoms with Gasteiger partial charge >= 0.3 is 0 Å². The van der Waals surface area contributed by atoms with E-state index in [0.29, 0.717) is 0 Å². The summed E-state index contributed by atoms with van der Waals surface area (Å²) in [5.41, 5.74) is 3.70. The maximum atomic E-state index is 2.34. The number of hydrogen-bond acceptors (Lipinski definition) is 2. The Morgan fingerprint density at radius 2 is 1.14 bits per heavy atom. The number of aromatic nitrogens is 1. The van der Waals surface area contributed by atoms with Crippen molar-refractivity contribution in [3.8, 4) is 26.8 Å². The minimum Gasteiger partial charge on any atom is -0.308 e. The molecule has 0 aliphatic carbocycles. The fraction of sp³-hybridized carbons (Fsp3) is 0. The molecular formula is C18H13NS2. The highest BCUT2D eigenvalue weighted by Gasteiger charge is 2.14. The van der Waals surface area contributed by atoms with Crippen LogP contribution in [0.15, 0.2) is 77.5 Å². The fourth-order valence-corrected chi connectivity index (χ4v) is 4.01. The predicted molar refractivity (Wildman–Crippen MR) is 92.4 cm³/mol. The van der Waals surface area contributed by atoms with E-state index in [1.54, 1.807) is 22.7 Å². The molecule has 4 rings (SSSR count). The minimum absolute atomic E-state index is 1.20. The van der Waals surface area contributed by atoms with Crippen LogP contribution in [-0.2, 0) is 0 Å². The van der Waals surface area contributed by atoms with Crippen molar-refractivity contribution >= 4 is 22.7 Å². The van der Waals surface area contributed by atoms with Gasteiger partial charge in [0.25, 0.3) is 0 Å². The monoisotopic (exact) mass is 307 g/mol. The smallest absolute Gasteiger partial charge is 0.0635 e. The third-order valence-corrected chi connectivity index (χ3v) is 5.23. The van der Waals surface area contributed by atoms with Crippen molar-refractivity contribution < 1.29 is 0 Å². The highest BCUT2D eigenvalue weighted by molar-refractivity contribution is 7.14. The first kappa shape index (κ1) is 12.6. The summed E-state index contributed by atoms with van der Waals surface area (Å²) in [7, 11) is 0. The summed E-state index contributed by atoms with van der Waals surface area (Å²) in [6.07, 6.45) is 0. The number of rotatable bonds is 3. The normalized spacial score (nSPS) is 10.9. The molecule has 0 spiro atoms. The summed E-state index contributed by atoms with van der Waals surface area (Å²) < 4.78 is 2.34. The summed E-state index contributed by atoms with van der Waals surface area (Å²) >= 11 is 3.56. The Morgan fingerprint density at radius 3 is 1.62 bits per heavy atom. The minimum atomic E-state index is 1.20. The molecule has 0 unspecified atom stereocenters. The molecule has 0 aliphatic heterocycles. The molecule has 102 valence electrons. The average molecular weight is 307 g/mol. The molecule has 4 aromatic rings. The van der Waals surface area contributed by atoms with E-state index in [1.165, 1.54) is 26.8 Å². The van der Waals surface area contributed by atoms with Crippen molar-refractivity contribution in [3.63, 3.8) is 0 Å². The summed E-state index contributed by atoms with van der Waals surface area (Å²) in [5.74, 6) is 0. The third kappa shape index (κ3) is 2.24. The predicted octanol–water partition coefficient (Wildman–Crippen LogP) is 5.93. The van der Waals surface area contributed by atoms with Crippen LogP contribution in [0.3, 0.4) is 0 Å². The van der Waals surface area contributed by atoms with Crippen molar-refractivity contribution in [2.24, 2.45) is 0 Å². The van der Waals surface area contributed by atoms with E-state index in [4.69, 9.17) is 0 Å². The quantitative estimate of drug-likeness (QED) is 0.442. The number of nitrogens with zero attached hydrogens (tertiary/aromatic N) is 1. The van der Waals surface area contributed by atoms with Gasteiger partial charge in [0.1, 0.15) is 0 Å². The maximum absolute atomic E-state index is 2.34. The summed E-state index contributed by atoms with van der Waals surface area (Å²) in [4.78, 5) is 2.59.